The Kier molecular flexibility index (Phi) is 5.82. The van der Waals surface area contributed by atoms with Crippen molar-refractivity contribution in [3.8, 4) is 5.88 Å². The Morgan fingerprint density at radius 2 is 2.15 bits per heavy atom. The second-order valence-corrected chi connectivity index (χ2v) is 5.81. The van der Waals surface area contributed by atoms with Crippen LogP contribution in [0.15, 0.2) is 30.2 Å². The standard InChI is InChI=1S/C15H21FN2O2/c1-15(2,3)6-13(19)12-4-5-14(18-9-12)20-10-11(7-16)8-17/h4-5,7,9H,6,8,10,17H2,1-3H3/b11-7+. The predicted molar refractivity (Wildman–Crippen MR) is 76.4 cm³/mol. The van der Waals surface area contributed by atoms with Gasteiger partial charge in [0.15, 0.2) is 5.78 Å². The molecule has 0 bridgehead atoms. The molecular formula is C15H21FN2O2. The first-order valence-electron chi connectivity index (χ1n) is 6.46. The van der Waals surface area contributed by atoms with E-state index in [1.165, 1.54) is 6.20 Å². The third kappa shape index (κ3) is 5.48. The third-order valence-corrected chi connectivity index (χ3v) is 2.57. The maximum absolute atomic E-state index is 12.3. The van der Waals surface area contributed by atoms with Crippen LogP contribution in [-0.2, 0) is 0 Å². The van der Waals surface area contributed by atoms with E-state index in [4.69, 9.17) is 10.5 Å². The molecule has 4 nitrogen and oxygen atoms in total. The summed E-state index contributed by atoms with van der Waals surface area (Å²) in [6, 6.07) is 3.26. The molecule has 1 aromatic rings. The highest BCUT2D eigenvalue weighted by Crippen LogP contribution is 2.21. The fraction of sp³-hybridized carbons (Fsp3) is 0.467. The highest BCUT2D eigenvalue weighted by atomic mass is 19.1. The number of carbonyl (C=O) groups excluding carboxylic acids is 1. The van der Waals surface area contributed by atoms with Crippen LogP contribution in [0.25, 0.3) is 0 Å². The molecule has 0 saturated heterocycles. The number of ketones is 1. The van der Waals surface area contributed by atoms with Gasteiger partial charge in [0.2, 0.25) is 5.88 Å². The fourth-order valence-electron chi connectivity index (χ4n) is 1.52. The number of hydrogen-bond donors (Lipinski definition) is 1. The number of ether oxygens (including phenoxy) is 1. The highest BCUT2D eigenvalue weighted by molar-refractivity contribution is 5.96. The van der Waals surface area contributed by atoms with Gasteiger partial charge in [-0.1, -0.05) is 20.8 Å². The van der Waals surface area contributed by atoms with Crippen molar-refractivity contribution < 1.29 is 13.9 Å². The summed E-state index contributed by atoms with van der Waals surface area (Å²) in [6.07, 6.45) is 2.36. The lowest BCUT2D eigenvalue weighted by Crippen LogP contribution is -2.13. The quantitative estimate of drug-likeness (QED) is 0.814. The van der Waals surface area contributed by atoms with Gasteiger partial charge in [-0.05, 0) is 11.5 Å². The number of rotatable bonds is 6. The number of Topliss-reactive ketones (excluding diaryl/α,β-unsaturated/α-hetero) is 1. The summed E-state index contributed by atoms with van der Waals surface area (Å²) >= 11 is 0. The summed E-state index contributed by atoms with van der Waals surface area (Å²) in [5, 5.41) is 0. The molecule has 0 aliphatic heterocycles. The van der Waals surface area contributed by atoms with Crippen molar-refractivity contribution >= 4 is 5.78 Å². The van der Waals surface area contributed by atoms with E-state index >= 15 is 0 Å². The number of nitrogens with two attached hydrogens (primary N) is 1. The molecule has 0 unspecified atom stereocenters. The van der Waals surface area contributed by atoms with Gasteiger partial charge in [-0.2, -0.15) is 0 Å². The fourth-order valence-corrected chi connectivity index (χ4v) is 1.52. The van der Waals surface area contributed by atoms with E-state index in [9.17, 15) is 9.18 Å². The van der Waals surface area contributed by atoms with Gasteiger partial charge in [0.1, 0.15) is 6.61 Å². The number of aromatic nitrogens is 1. The molecule has 0 amide bonds. The second-order valence-electron chi connectivity index (χ2n) is 5.81. The molecule has 0 aliphatic carbocycles. The minimum atomic E-state index is -0.0613. The van der Waals surface area contributed by atoms with Crippen LogP contribution in [0, 0.1) is 5.41 Å². The summed E-state index contributed by atoms with van der Waals surface area (Å²) in [7, 11) is 0. The molecule has 0 spiro atoms. The molecular weight excluding hydrogens is 259 g/mol. The maximum Gasteiger partial charge on any atom is 0.213 e. The van der Waals surface area contributed by atoms with Crippen molar-refractivity contribution in [2.75, 3.05) is 13.2 Å². The van der Waals surface area contributed by atoms with Gasteiger partial charge in [0.05, 0.1) is 6.33 Å². The van der Waals surface area contributed by atoms with Crippen LogP contribution in [-0.4, -0.2) is 23.9 Å². The van der Waals surface area contributed by atoms with E-state index in [0.717, 1.165) is 0 Å². The zero-order valence-electron chi connectivity index (χ0n) is 12.1. The Morgan fingerprint density at radius 3 is 2.60 bits per heavy atom. The normalized spacial score (nSPS) is 12.3. The van der Waals surface area contributed by atoms with E-state index in [1.54, 1.807) is 12.1 Å². The van der Waals surface area contributed by atoms with Crippen molar-refractivity contribution in [1.29, 1.82) is 0 Å². The molecule has 0 saturated carbocycles. The number of carbonyl (C=O) groups is 1. The Labute approximate surface area is 118 Å². The molecule has 2 N–H and O–H groups in total. The summed E-state index contributed by atoms with van der Waals surface area (Å²) in [6.45, 7) is 6.17. The van der Waals surface area contributed by atoms with Gasteiger partial charge in [-0.15, -0.1) is 0 Å². The summed E-state index contributed by atoms with van der Waals surface area (Å²) < 4.78 is 17.6. The lowest BCUT2D eigenvalue weighted by molar-refractivity contribution is 0.0939. The van der Waals surface area contributed by atoms with Crippen LogP contribution in [0.5, 0.6) is 5.88 Å². The summed E-state index contributed by atoms with van der Waals surface area (Å²) in [4.78, 5) is 16.0. The molecule has 1 heterocycles. The molecule has 0 fully saturated rings. The first kappa shape index (κ1) is 16.3. The largest absolute Gasteiger partial charge is 0.473 e. The number of pyridine rings is 1. The average Bonchev–Trinajstić information content (AvgIpc) is 2.38. The van der Waals surface area contributed by atoms with Crippen molar-refractivity contribution in [3.63, 3.8) is 0 Å². The average molecular weight is 280 g/mol. The molecule has 5 heteroatoms. The van der Waals surface area contributed by atoms with Crippen molar-refractivity contribution in [3.05, 3.63) is 35.8 Å². The van der Waals surface area contributed by atoms with Gasteiger partial charge in [-0.25, -0.2) is 9.37 Å². The Hall–Kier alpha value is -1.75. The molecule has 1 rings (SSSR count). The smallest absolute Gasteiger partial charge is 0.213 e. The molecule has 0 aromatic carbocycles. The molecule has 110 valence electrons. The van der Waals surface area contributed by atoms with E-state index in [1.807, 2.05) is 20.8 Å². The number of nitrogens with zero attached hydrogens (tertiary/aromatic N) is 1. The lowest BCUT2D eigenvalue weighted by Gasteiger charge is -2.16. The van der Waals surface area contributed by atoms with Crippen LogP contribution >= 0.6 is 0 Å². The van der Waals surface area contributed by atoms with Crippen molar-refractivity contribution in [1.82, 2.24) is 4.98 Å². The number of halogens is 1. The van der Waals surface area contributed by atoms with Crippen LogP contribution in [0.1, 0.15) is 37.6 Å². The Balaban J connectivity index is 2.63. The second kappa shape index (κ2) is 7.14. The molecule has 20 heavy (non-hydrogen) atoms. The van der Waals surface area contributed by atoms with Gasteiger partial charge in [-0.3, -0.25) is 4.79 Å². The van der Waals surface area contributed by atoms with E-state index in [2.05, 4.69) is 4.98 Å². The van der Waals surface area contributed by atoms with Crippen LogP contribution in [0.4, 0.5) is 4.39 Å². The van der Waals surface area contributed by atoms with Gasteiger partial charge >= 0.3 is 0 Å². The zero-order chi connectivity index (χ0) is 15.2. The minimum Gasteiger partial charge on any atom is -0.473 e. The molecule has 1 aromatic heterocycles. The van der Waals surface area contributed by atoms with Gasteiger partial charge < -0.3 is 10.5 Å². The monoisotopic (exact) mass is 280 g/mol. The summed E-state index contributed by atoms with van der Waals surface area (Å²) in [5.41, 5.74) is 6.15. The first-order chi connectivity index (χ1) is 9.35. The summed E-state index contributed by atoms with van der Waals surface area (Å²) in [5.74, 6) is 0.382. The van der Waals surface area contributed by atoms with Gasteiger partial charge in [0.25, 0.3) is 0 Å². The number of hydrogen-bond acceptors (Lipinski definition) is 4. The Bertz CT molecular complexity index is 476. The predicted octanol–water partition coefficient (Wildman–Crippen LogP) is 2.89. The van der Waals surface area contributed by atoms with Crippen LogP contribution in [0.3, 0.4) is 0 Å². The lowest BCUT2D eigenvalue weighted by atomic mass is 9.88. The molecule has 0 radical (unpaired) electrons. The van der Waals surface area contributed by atoms with E-state index in [0.29, 0.717) is 29.8 Å². The van der Waals surface area contributed by atoms with E-state index < -0.39 is 0 Å². The van der Waals surface area contributed by atoms with Gasteiger partial charge in [0, 0.05) is 36.4 Å². The van der Waals surface area contributed by atoms with E-state index in [-0.39, 0.29) is 24.3 Å². The topological polar surface area (TPSA) is 65.2 Å². The third-order valence-electron chi connectivity index (χ3n) is 2.57. The molecule has 0 aliphatic rings. The zero-order valence-corrected chi connectivity index (χ0v) is 12.1. The van der Waals surface area contributed by atoms with Crippen LogP contribution in [0.2, 0.25) is 0 Å². The SMILES string of the molecule is CC(C)(C)CC(=O)c1ccc(OC/C(=C/F)CN)nc1. The Morgan fingerprint density at radius 1 is 1.45 bits per heavy atom. The highest BCUT2D eigenvalue weighted by Gasteiger charge is 2.17. The first-order valence-corrected chi connectivity index (χ1v) is 6.46. The van der Waals surface area contributed by atoms with Crippen molar-refractivity contribution in [2.24, 2.45) is 11.1 Å². The van der Waals surface area contributed by atoms with Crippen LogP contribution < -0.4 is 10.5 Å². The van der Waals surface area contributed by atoms with Crippen molar-refractivity contribution in [2.45, 2.75) is 27.2 Å². The molecule has 0 atom stereocenters. The maximum atomic E-state index is 12.3. The minimum absolute atomic E-state index is 0.0443.